The van der Waals surface area contributed by atoms with Gasteiger partial charge in [-0.1, -0.05) is 0 Å². The summed E-state index contributed by atoms with van der Waals surface area (Å²) in [6, 6.07) is 7.58. The lowest BCUT2D eigenvalue weighted by Gasteiger charge is -2.20. The summed E-state index contributed by atoms with van der Waals surface area (Å²) in [5.74, 6) is 1.25. The summed E-state index contributed by atoms with van der Waals surface area (Å²) in [6.45, 7) is 0. The smallest absolute Gasteiger partial charge is 0.213 e. The van der Waals surface area contributed by atoms with Crippen LogP contribution in [0.2, 0.25) is 0 Å². The van der Waals surface area contributed by atoms with Gasteiger partial charge in [0.15, 0.2) is 0 Å². The van der Waals surface area contributed by atoms with Crippen molar-refractivity contribution in [3.8, 4) is 17.0 Å². The number of fused-ring (bicyclic) bond motifs is 2. The fourth-order valence-corrected chi connectivity index (χ4v) is 3.71. The Bertz CT molecular complexity index is 658. The quantitative estimate of drug-likeness (QED) is 0.939. The molecular formula is C17H19N3O. The second-order valence-electron chi connectivity index (χ2n) is 5.98. The van der Waals surface area contributed by atoms with E-state index in [4.69, 9.17) is 4.74 Å². The molecule has 2 bridgehead atoms. The van der Waals surface area contributed by atoms with Crippen molar-refractivity contribution in [2.75, 3.05) is 7.11 Å². The average Bonchev–Trinajstić information content (AvgIpc) is 3.18. The fraction of sp³-hybridized carbons (Fsp3) is 0.412. The second-order valence-corrected chi connectivity index (χ2v) is 5.98. The molecule has 4 heteroatoms. The monoisotopic (exact) mass is 281 g/mol. The summed E-state index contributed by atoms with van der Waals surface area (Å²) in [4.78, 5) is 8.62. The Morgan fingerprint density at radius 1 is 1.19 bits per heavy atom. The van der Waals surface area contributed by atoms with E-state index in [0.29, 0.717) is 23.9 Å². The molecule has 3 atom stereocenters. The van der Waals surface area contributed by atoms with Gasteiger partial charge in [0.1, 0.15) is 0 Å². The molecule has 2 fully saturated rings. The summed E-state index contributed by atoms with van der Waals surface area (Å²) in [5.41, 5.74) is 3.59. The Balaban J connectivity index is 1.66. The van der Waals surface area contributed by atoms with Crippen LogP contribution in [0.25, 0.3) is 11.1 Å². The first kappa shape index (κ1) is 12.8. The zero-order valence-corrected chi connectivity index (χ0v) is 12.1. The minimum absolute atomic E-state index is 0.611. The molecule has 2 aliphatic heterocycles. The number of nitrogens with one attached hydrogen (secondary N) is 1. The van der Waals surface area contributed by atoms with E-state index >= 15 is 0 Å². The summed E-state index contributed by atoms with van der Waals surface area (Å²) < 4.78 is 5.21. The molecule has 2 aliphatic rings. The van der Waals surface area contributed by atoms with E-state index in [0.717, 1.165) is 11.1 Å². The zero-order valence-electron chi connectivity index (χ0n) is 12.1. The lowest BCUT2D eigenvalue weighted by molar-refractivity contribution is 0.398. The number of methoxy groups -OCH3 is 1. The first-order valence-electron chi connectivity index (χ1n) is 7.55. The van der Waals surface area contributed by atoms with Crippen LogP contribution in [0.4, 0.5) is 0 Å². The van der Waals surface area contributed by atoms with Crippen molar-refractivity contribution in [1.29, 1.82) is 0 Å². The van der Waals surface area contributed by atoms with Gasteiger partial charge < -0.3 is 10.1 Å². The summed E-state index contributed by atoms with van der Waals surface area (Å²) in [6.07, 6.45) is 9.59. The van der Waals surface area contributed by atoms with Crippen LogP contribution >= 0.6 is 0 Å². The number of ether oxygens (including phenoxy) is 1. The normalized spacial score (nSPS) is 27.0. The molecule has 0 saturated carbocycles. The average molecular weight is 281 g/mol. The van der Waals surface area contributed by atoms with Gasteiger partial charge in [-0.2, -0.15) is 0 Å². The van der Waals surface area contributed by atoms with Crippen LogP contribution < -0.4 is 10.1 Å². The van der Waals surface area contributed by atoms with Gasteiger partial charge in [0.2, 0.25) is 5.88 Å². The van der Waals surface area contributed by atoms with Gasteiger partial charge in [-0.15, -0.1) is 0 Å². The van der Waals surface area contributed by atoms with Crippen molar-refractivity contribution in [2.24, 2.45) is 0 Å². The van der Waals surface area contributed by atoms with Crippen molar-refractivity contribution >= 4 is 0 Å². The van der Waals surface area contributed by atoms with Gasteiger partial charge in [0, 0.05) is 48.2 Å². The minimum Gasteiger partial charge on any atom is -0.481 e. The van der Waals surface area contributed by atoms with Crippen molar-refractivity contribution in [2.45, 2.75) is 37.3 Å². The Morgan fingerprint density at radius 3 is 2.90 bits per heavy atom. The lowest BCUT2D eigenvalue weighted by atomic mass is 9.84. The molecule has 2 aromatic heterocycles. The topological polar surface area (TPSA) is 47.0 Å². The molecule has 4 nitrogen and oxygen atoms in total. The van der Waals surface area contributed by atoms with Gasteiger partial charge in [-0.25, -0.2) is 4.98 Å². The zero-order chi connectivity index (χ0) is 14.2. The fourth-order valence-electron chi connectivity index (χ4n) is 3.71. The number of pyridine rings is 2. The second kappa shape index (κ2) is 5.11. The third kappa shape index (κ3) is 2.29. The first-order valence-corrected chi connectivity index (χ1v) is 7.55. The van der Waals surface area contributed by atoms with Gasteiger partial charge in [0.25, 0.3) is 0 Å². The van der Waals surface area contributed by atoms with Crippen molar-refractivity contribution < 1.29 is 4.74 Å². The van der Waals surface area contributed by atoms with Gasteiger partial charge >= 0.3 is 0 Å². The molecule has 0 radical (unpaired) electrons. The van der Waals surface area contributed by atoms with Crippen LogP contribution in [0, 0.1) is 0 Å². The Morgan fingerprint density at radius 2 is 2.14 bits per heavy atom. The van der Waals surface area contributed by atoms with Crippen LogP contribution in [-0.2, 0) is 0 Å². The maximum absolute atomic E-state index is 5.21. The predicted molar refractivity (Wildman–Crippen MR) is 81.3 cm³/mol. The molecule has 108 valence electrons. The molecule has 0 amide bonds. The maximum Gasteiger partial charge on any atom is 0.213 e. The Labute approximate surface area is 124 Å². The largest absolute Gasteiger partial charge is 0.481 e. The van der Waals surface area contributed by atoms with E-state index in [1.807, 2.05) is 24.5 Å². The van der Waals surface area contributed by atoms with E-state index in [1.54, 1.807) is 13.3 Å². The van der Waals surface area contributed by atoms with E-state index in [9.17, 15) is 0 Å². The van der Waals surface area contributed by atoms with Crippen molar-refractivity contribution in [3.63, 3.8) is 0 Å². The molecule has 4 rings (SSSR count). The highest BCUT2D eigenvalue weighted by atomic mass is 16.5. The summed E-state index contributed by atoms with van der Waals surface area (Å²) >= 11 is 0. The van der Waals surface area contributed by atoms with Crippen molar-refractivity contribution in [3.05, 3.63) is 42.4 Å². The summed E-state index contributed by atoms with van der Waals surface area (Å²) in [7, 11) is 1.64. The third-order valence-electron chi connectivity index (χ3n) is 4.76. The predicted octanol–water partition coefficient (Wildman–Crippen LogP) is 2.76. The molecule has 2 saturated heterocycles. The molecule has 4 heterocycles. The summed E-state index contributed by atoms with van der Waals surface area (Å²) in [5, 5.41) is 3.70. The molecule has 0 aromatic carbocycles. The van der Waals surface area contributed by atoms with Crippen LogP contribution in [0.1, 0.15) is 30.7 Å². The maximum atomic E-state index is 5.21. The van der Waals surface area contributed by atoms with Crippen LogP contribution in [0.15, 0.2) is 36.8 Å². The first-order chi connectivity index (χ1) is 10.3. The molecule has 21 heavy (non-hydrogen) atoms. The SMILES string of the molecule is COc1cc(-c2cncc([C@H]3C[C@H]4CC[C@H]3N4)c2)ccn1. The standard InChI is InChI=1S/C17H19N3O/c1-21-17-7-11(4-5-19-17)12-6-13(10-18-9-12)15-8-14-2-3-16(15)20-14/h4-7,9-10,14-16,20H,2-3,8H2,1H3/t14-,15-,16-/m1/s1. The van der Waals surface area contributed by atoms with Gasteiger partial charge in [0.05, 0.1) is 7.11 Å². The molecule has 0 spiro atoms. The van der Waals surface area contributed by atoms with Crippen LogP contribution in [-0.4, -0.2) is 29.2 Å². The highest BCUT2D eigenvalue weighted by Gasteiger charge is 2.39. The van der Waals surface area contributed by atoms with Crippen LogP contribution in [0.5, 0.6) is 5.88 Å². The third-order valence-corrected chi connectivity index (χ3v) is 4.76. The van der Waals surface area contributed by atoms with Crippen LogP contribution in [0.3, 0.4) is 0 Å². The molecule has 0 unspecified atom stereocenters. The van der Waals surface area contributed by atoms with E-state index in [-0.39, 0.29) is 0 Å². The Hall–Kier alpha value is -1.94. The molecule has 0 aliphatic carbocycles. The number of hydrogen-bond acceptors (Lipinski definition) is 4. The highest BCUT2D eigenvalue weighted by Crippen LogP contribution is 2.40. The molecular weight excluding hydrogens is 262 g/mol. The van der Waals surface area contributed by atoms with E-state index < -0.39 is 0 Å². The highest BCUT2D eigenvalue weighted by molar-refractivity contribution is 5.64. The number of hydrogen-bond donors (Lipinski definition) is 1. The van der Waals surface area contributed by atoms with Crippen molar-refractivity contribution in [1.82, 2.24) is 15.3 Å². The molecule has 2 aromatic rings. The van der Waals surface area contributed by atoms with Gasteiger partial charge in [-0.3, -0.25) is 4.98 Å². The van der Waals surface area contributed by atoms with E-state index in [1.165, 1.54) is 24.8 Å². The lowest BCUT2D eigenvalue weighted by Crippen LogP contribution is -2.21. The van der Waals surface area contributed by atoms with E-state index in [2.05, 4.69) is 21.4 Å². The molecule has 1 N–H and O–H groups in total. The number of nitrogens with zero attached hydrogens (tertiary/aromatic N) is 2. The number of aromatic nitrogens is 2. The van der Waals surface area contributed by atoms with Gasteiger partial charge in [-0.05, 0) is 42.5 Å². The minimum atomic E-state index is 0.611. The number of rotatable bonds is 3. The Kier molecular flexibility index (Phi) is 3.11.